The highest BCUT2D eigenvalue weighted by molar-refractivity contribution is 5.90. The molecule has 136 valence electrons. The lowest BCUT2D eigenvalue weighted by molar-refractivity contribution is 0.0654. The number of ether oxygens (including phenoxy) is 1. The third-order valence-electron chi connectivity index (χ3n) is 3.84. The number of amides is 2. The Balaban J connectivity index is 2.62. The van der Waals surface area contributed by atoms with E-state index in [2.05, 4.69) is 10.6 Å². The summed E-state index contributed by atoms with van der Waals surface area (Å²) in [5.74, 6) is 0. The first-order chi connectivity index (χ1) is 11.1. The smallest absolute Gasteiger partial charge is 0.319 e. The Morgan fingerprint density at radius 3 is 2.54 bits per heavy atom. The number of nitrogens with one attached hydrogen (secondary N) is 2. The minimum absolute atomic E-state index is 0.159. The van der Waals surface area contributed by atoms with Crippen molar-refractivity contribution in [3.63, 3.8) is 0 Å². The molecule has 3 N–H and O–H groups in total. The molecule has 2 amide bonds. The van der Waals surface area contributed by atoms with Crippen LogP contribution in [0.2, 0.25) is 0 Å². The predicted octanol–water partition coefficient (Wildman–Crippen LogP) is 3.84. The third-order valence-corrected chi connectivity index (χ3v) is 3.84. The van der Waals surface area contributed by atoms with Crippen LogP contribution < -0.4 is 10.6 Å². The van der Waals surface area contributed by atoms with Crippen LogP contribution in [0.25, 0.3) is 0 Å². The molecule has 0 heterocycles. The zero-order valence-electron chi connectivity index (χ0n) is 15.8. The molecule has 1 atom stereocenters. The number of aliphatic hydroxyl groups excluding tert-OH is 1. The fraction of sp³-hybridized carbons (Fsp3) is 0.632. The molecule has 0 radical (unpaired) electrons. The van der Waals surface area contributed by atoms with Crippen LogP contribution in [0.1, 0.15) is 52.2 Å². The van der Waals surface area contributed by atoms with Gasteiger partial charge in [-0.1, -0.05) is 26.0 Å². The summed E-state index contributed by atoms with van der Waals surface area (Å²) in [7, 11) is 0. The number of benzene rings is 1. The van der Waals surface area contributed by atoms with Crippen molar-refractivity contribution < 1.29 is 14.6 Å². The fourth-order valence-electron chi connectivity index (χ4n) is 2.59. The van der Waals surface area contributed by atoms with Crippen LogP contribution >= 0.6 is 0 Å². The number of hydrogen-bond donors (Lipinski definition) is 3. The maximum absolute atomic E-state index is 12.2. The van der Waals surface area contributed by atoms with Crippen molar-refractivity contribution in [2.45, 2.75) is 66.8 Å². The van der Waals surface area contributed by atoms with E-state index in [-0.39, 0.29) is 23.7 Å². The Hall–Kier alpha value is -1.59. The molecule has 0 saturated carbocycles. The SMILES string of the molecule is Cc1c(COC(C)C)cccc1NC(=O)NCC(C)(C)CC(C)O. The minimum Gasteiger partial charge on any atom is -0.393 e. The minimum atomic E-state index is -0.384. The fourth-order valence-corrected chi connectivity index (χ4v) is 2.59. The second-order valence-corrected chi connectivity index (χ2v) is 7.47. The standard InChI is InChI=1S/C19H32N2O3/c1-13(2)24-11-16-8-7-9-17(15(16)4)21-18(23)20-12-19(5,6)10-14(3)22/h7-9,13-14,22H,10-12H2,1-6H3,(H2,20,21,23). The maximum Gasteiger partial charge on any atom is 0.319 e. The lowest BCUT2D eigenvalue weighted by atomic mass is 9.87. The quantitative estimate of drug-likeness (QED) is 0.675. The summed E-state index contributed by atoms with van der Waals surface area (Å²) >= 11 is 0. The van der Waals surface area contributed by atoms with Crippen LogP contribution in [0.3, 0.4) is 0 Å². The molecular weight excluding hydrogens is 304 g/mol. The first-order valence-electron chi connectivity index (χ1n) is 8.54. The van der Waals surface area contributed by atoms with Crippen LogP contribution in [-0.4, -0.2) is 29.9 Å². The molecule has 5 nitrogen and oxygen atoms in total. The Labute approximate surface area is 145 Å². The highest BCUT2D eigenvalue weighted by Crippen LogP contribution is 2.22. The highest BCUT2D eigenvalue weighted by atomic mass is 16.5. The summed E-state index contributed by atoms with van der Waals surface area (Å²) in [5, 5.41) is 15.3. The molecule has 0 bridgehead atoms. The first-order valence-corrected chi connectivity index (χ1v) is 8.54. The monoisotopic (exact) mass is 336 g/mol. The van der Waals surface area contributed by atoms with Crippen molar-refractivity contribution in [3.05, 3.63) is 29.3 Å². The molecule has 0 aromatic heterocycles. The van der Waals surface area contributed by atoms with Gasteiger partial charge in [0.1, 0.15) is 0 Å². The van der Waals surface area contributed by atoms with Crippen molar-refractivity contribution in [2.75, 3.05) is 11.9 Å². The van der Waals surface area contributed by atoms with Crippen LogP contribution in [0.4, 0.5) is 10.5 Å². The van der Waals surface area contributed by atoms with Gasteiger partial charge in [0, 0.05) is 12.2 Å². The van der Waals surface area contributed by atoms with Gasteiger partial charge in [-0.3, -0.25) is 0 Å². The van der Waals surface area contributed by atoms with E-state index in [4.69, 9.17) is 4.74 Å². The molecule has 1 aromatic carbocycles. The van der Waals surface area contributed by atoms with Gasteiger partial charge in [0.05, 0.1) is 18.8 Å². The highest BCUT2D eigenvalue weighted by Gasteiger charge is 2.21. The molecule has 0 fully saturated rings. The average Bonchev–Trinajstić information content (AvgIpc) is 2.45. The van der Waals surface area contributed by atoms with Gasteiger partial charge in [-0.2, -0.15) is 0 Å². The normalized spacial score (nSPS) is 13.0. The number of hydrogen-bond acceptors (Lipinski definition) is 3. The maximum atomic E-state index is 12.2. The number of carbonyl (C=O) groups is 1. The number of aliphatic hydroxyl groups is 1. The average molecular weight is 336 g/mol. The molecule has 0 spiro atoms. The molecule has 5 heteroatoms. The van der Waals surface area contributed by atoms with Crippen molar-refractivity contribution >= 4 is 11.7 Å². The molecule has 1 rings (SSSR count). The first kappa shape index (κ1) is 20.5. The number of rotatable bonds is 8. The Morgan fingerprint density at radius 1 is 1.29 bits per heavy atom. The van der Waals surface area contributed by atoms with E-state index >= 15 is 0 Å². The van der Waals surface area contributed by atoms with Crippen molar-refractivity contribution in [3.8, 4) is 0 Å². The van der Waals surface area contributed by atoms with Crippen LogP contribution in [0.15, 0.2) is 18.2 Å². The van der Waals surface area contributed by atoms with E-state index in [1.807, 2.05) is 52.8 Å². The van der Waals surface area contributed by atoms with Crippen molar-refractivity contribution in [1.82, 2.24) is 5.32 Å². The molecule has 0 saturated heterocycles. The number of anilines is 1. The Morgan fingerprint density at radius 2 is 1.96 bits per heavy atom. The van der Waals surface area contributed by atoms with Crippen LogP contribution in [-0.2, 0) is 11.3 Å². The van der Waals surface area contributed by atoms with Gasteiger partial charge in [0.2, 0.25) is 0 Å². The molecule has 0 aliphatic heterocycles. The van der Waals surface area contributed by atoms with E-state index < -0.39 is 0 Å². The lowest BCUT2D eigenvalue weighted by Gasteiger charge is -2.26. The summed E-state index contributed by atoms with van der Waals surface area (Å²) in [6.07, 6.45) is 0.416. The van der Waals surface area contributed by atoms with Crippen molar-refractivity contribution in [2.24, 2.45) is 5.41 Å². The number of urea groups is 1. The van der Waals surface area contributed by atoms with E-state index in [1.54, 1.807) is 6.92 Å². The molecule has 0 aliphatic rings. The van der Waals surface area contributed by atoms with E-state index in [0.717, 1.165) is 16.8 Å². The Bertz CT molecular complexity index is 539. The number of carbonyl (C=O) groups excluding carboxylic acids is 1. The topological polar surface area (TPSA) is 70.6 Å². The molecule has 1 aromatic rings. The van der Waals surface area contributed by atoms with E-state index in [9.17, 15) is 9.90 Å². The molecule has 1 unspecified atom stereocenters. The largest absolute Gasteiger partial charge is 0.393 e. The van der Waals surface area contributed by atoms with Gasteiger partial charge in [-0.05, 0) is 56.7 Å². The van der Waals surface area contributed by atoms with Gasteiger partial charge in [-0.15, -0.1) is 0 Å². The molecular formula is C19H32N2O3. The second-order valence-electron chi connectivity index (χ2n) is 7.47. The second kappa shape index (κ2) is 9.04. The van der Waals surface area contributed by atoms with Gasteiger partial charge < -0.3 is 20.5 Å². The lowest BCUT2D eigenvalue weighted by Crippen LogP contribution is -2.38. The van der Waals surface area contributed by atoms with E-state index in [1.165, 1.54) is 0 Å². The summed E-state index contributed by atoms with van der Waals surface area (Å²) in [4.78, 5) is 12.2. The van der Waals surface area contributed by atoms with Gasteiger partial charge in [0.25, 0.3) is 0 Å². The summed E-state index contributed by atoms with van der Waals surface area (Å²) in [6, 6.07) is 5.57. The van der Waals surface area contributed by atoms with Crippen molar-refractivity contribution in [1.29, 1.82) is 0 Å². The van der Waals surface area contributed by atoms with Gasteiger partial charge >= 0.3 is 6.03 Å². The molecule has 24 heavy (non-hydrogen) atoms. The van der Waals surface area contributed by atoms with Gasteiger partial charge in [0.15, 0.2) is 0 Å². The molecule has 0 aliphatic carbocycles. The summed E-state index contributed by atoms with van der Waals surface area (Å²) < 4.78 is 5.65. The van der Waals surface area contributed by atoms with E-state index in [0.29, 0.717) is 19.6 Å². The van der Waals surface area contributed by atoms with Crippen LogP contribution in [0, 0.1) is 12.3 Å². The van der Waals surface area contributed by atoms with Crippen LogP contribution in [0.5, 0.6) is 0 Å². The zero-order valence-corrected chi connectivity index (χ0v) is 15.8. The predicted molar refractivity (Wildman–Crippen MR) is 98.2 cm³/mol. The van der Waals surface area contributed by atoms with Gasteiger partial charge in [-0.25, -0.2) is 4.79 Å². The third kappa shape index (κ3) is 7.32. The zero-order chi connectivity index (χ0) is 18.3. The summed E-state index contributed by atoms with van der Waals surface area (Å²) in [6.45, 7) is 12.8. The summed E-state index contributed by atoms with van der Waals surface area (Å²) in [5.41, 5.74) is 2.70. The Kier molecular flexibility index (Phi) is 7.70.